The number of pyridine rings is 1. The van der Waals surface area contributed by atoms with Crippen LogP contribution in [0.3, 0.4) is 0 Å². The topological polar surface area (TPSA) is 83.6 Å². The number of benzene rings is 1. The maximum Gasteiger partial charge on any atom is 0.494 e. The van der Waals surface area contributed by atoms with Crippen LogP contribution in [-0.4, -0.2) is 75.2 Å². The van der Waals surface area contributed by atoms with E-state index in [1.54, 1.807) is 6.07 Å². The quantitative estimate of drug-likeness (QED) is 0.454. The van der Waals surface area contributed by atoms with Crippen LogP contribution in [0.1, 0.15) is 63.3 Å². The number of rotatable bonds is 6. The number of carbonyl (C=O) groups excluding carboxylic acids is 1. The van der Waals surface area contributed by atoms with Gasteiger partial charge in [0.1, 0.15) is 11.5 Å². The molecule has 3 aliphatic rings. The molecule has 2 aromatic heterocycles. The Balaban J connectivity index is 1.18. The third-order valence-corrected chi connectivity index (χ3v) is 8.67. The second-order valence-electron chi connectivity index (χ2n) is 12.5. The van der Waals surface area contributed by atoms with E-state index in [-0.39, 0.29) is 18.2 Å². The predicted octanol–water partition coefficient (Wildman–Crippen LogP) is 3.92. The fourth-order valence-corrected chi connectivity index (χ4v) is 5.41. The molecule has 0 radical (unpaired) electrons. The van der Waals surface area contributed by atoms with Crippen molar-refractivity contribution < 1.29 is 27.3 Å². The SMILES string of the molecule is CC1(C)OB(c2ccc3nc(Cc4cc(CN5CCN(C(=O)C6CC6)CC5)cc(C(F)(F)F)n4)[nH]c3c2)OC1(C)C. The van der Waals surface area contributed by atoms with Crippen LogP contribution in [0.5, 0.6) is 0 Å². The number of fused-ring (bicyclic) bond motifs is 1. The second kappa shape index (κ2) is 10.1. The van der Waals surface area contributed by atoms with Crippen LogP contribution < -0.4 is 5.46 Å². The van der Waals surface area contributed by atoms with Crippen LogP contribution >= 0.6 is 0 Å². The van der Waals surface area contributed by atoms with Crippen molar-refractivity contribution >= 4 is 29.5 Å². The van der Waals surface area contributed by atoms with E-state index < -0.39 is 30.2 Å². The zero-order chi connectivity index (χ0) is 29.2. The zero-order valence-corrected chi connectivity index (χ0v) is 23.8. The number of imidazole rings is 1. The summed E-state index contributed by atoms with van der Waals surface area (Å²) in [4.78, 5) is 28.1. The van der Waals surface area contributed by atoms with Gasteiger partial charge in [-0.15, -0.1) is 0 Å². The number of amides is 1. The fraction of sp³-hybridized carbons (Fsp3) is 0.552. The van der Waals surface area contributed by atoms with Gasteiger partial charge < -0.3 is 19.2 Å². The van der Waals surface area contributed by atoms with Gasteiger partial charge >= 0.3 is 13.3 Å². The summed E-state index contributed by atoms with van der Waals surface area (Å²) in [7, 11) is -0.530. The van der Waals surface area contributed by atoms with E-state index >= 15 is 0 Å². The molecule has 0 atom stereocenters. The Morgan fingerprint density at radius 3 is 2.34 bits per heavy atom. The monoisotopic (exact) mass is 569 g/mol. The highest BCUT2D eigenvalue weighted by Crippen LogP contribution is 2.37. The molecule has 0 unspecified atom stereocenters. The Morgan fingerprint density at radius 2 is 1.71 bits per heavy atom. The molecule has 12 heteroatoms. The molecule has 1 amide bonds. The third kappa shape index (κ3) is 5.87. The van der Waals surface area contributed by atoms with Gasteiger partial charge in [-0.2, -0.15) is 13.2 Å². The molecule has 218 valence electrons. The van der Waals surface area contributed by atoms with E-state index in [9.17, 15) is 18.0 Å². The van der Waals surface area contributed by atoms with Gasteiger partial charge in [0, 0.05) is 50.8 Å². The predicted molar refractivity (Wildman–Crippen MR) is 148 cm³/mol. The number of carbonyl (C=O) groups is 1. The summed E-state index contributed by atoms with van der Waals surface area (Å²) in [6.07, 6.45) is -2.51. The molecule has 2 saturated heterocycles. The molecule has 1 N–H and O–H groups in total. The van der Waals surface area contributed by atoms with Crippen molar-refractivity contribution in [2.75, 3.05) is 26.2 Å². The minimum absolute atomic E-state index is 0.126. The van der Waals surface area contributed by atoms with Crippen LogP contribution in [-0.2, 0) is 33.2 Å². The largest absolute Gasteiger partial charge is 0.494 e. The lowest BCUT2D eigenvalue weighted by molar-refractivity contribution is -0.141. The van der Waals surface area contributed by atoms with Crippen molar-refractivity contribution in [3.05, 3.63) is 53.1 Å². The standard InChI is InChI=1S/C29H35BF3N5O3/c1-27(2)28(3,4)41-30(40-27)20-7-8-22-23(15-20)36-25(35-22)16-21-13-18(14-24(34-21)29(31,32)33)17-37-9-11-38(12-10-37)26(39)19-5-6-19/h7-8,13-15,19H,5-6,9-12,16-17H2,1-4H3,(H,35,36). The molecule has 3 fully saturated rings. The van der Waals surface area contributed by atoms with E-state index in [2.05, 4.69) is 19.9 Å². The van der Waals surface area contributed by atoms with Crippen molar-refractivity contribution in [1.82, 2.24) is 24.8 Å². The summed E-state index contributed by atoms with van der Waals surface area (Å²) in [6.45, 7) is 10.8. The molecule has 2 aliphatic heterocycles. The number of H-pyrrole nitrogens is 1. The summed E-state index contributed by atoms with van der Waals surface area (Å²) in [6, 6.07) is 8.51. The summed E-state index contributed by atoms with van der Waals surface area (Å²) in [5.41, 5.74) is 1.27. The summed E-state index contributed by atoms with van der Waals surface area (Å²) >= 11 is 0. The molecule has 3 aromatic rings. The molecule has 1 saturated carbocycles. The van der Waals surface area contributed by atoms with Crippen molar-refractivity contribution in [2.45, 2.75) is 70.9 Å². The molecule has 8 nitrogen and oxygen atoms in total. The number of aromatic nitrogens is 3. The first-order chi connectivity index (χ1) is 19.3. The number of hydrogen-bond donors (Lipinski definition) is 1. The minimum Gasteiger partial charge on any atom is -0.399 e. The Hall–Kier alpha value is -2.96. The van der Waals surface area contributed by atoms with Gasteiger partial charge in [-0.05, 0) is 75.8 Å². The molecule has 0 spiro atoms. The normalized spacial score (nSPS) is 21.1. The summed E-state index contributed by atoms with van der Waals surface area (Å²) < 4.78 is 53.7. The van der Waals surface area contributed by atoms with Gasteiger partial charge in [-0.3, -0.25) is 9.69 Å². The molecular weight excluding hydrogens is 534 g/mol. The molecular formula is C29H35BF3N5O3. The average molecular weight is 569 g/mol. The lowest BCUT2D eigenvalue weighted by atomic mass is 9.79. The van der Waals surface area contributed by atoms with E-state index in [0.717, 1.165) is 29.9 Å². The molecule has 1 aromatic carbocycles. The van der Waals surface area contributed by atoms with E-state index in [4.69, 9.17) is 9.31 Å². The van der Waals surface area contributed by atoms with Crippen molar-refractivity contribution in [3.8, 4) is 0 Å². The van der Waals surface area contributed by atoms with Crippen LogP contribution in [0.4, 0.5) is 13.2 Å². The number of piperazine rings is 1. The first-order valence-electron chi connectivity index (χ1n) is 14.2. The number of halogens is 3. The zero-order valence-electron chi connectivity index (χ0n) is 23.8. The van der Waals surface area contributed by atoms with Crippen LogP contribution in [0.15, 0.2) is 30.3 Å². The maximum atomic E-state index is 13.8. The first kappa shape index (κ1) is 28.2. The lowest BCUT2D eigenvalue weighted by Gasteiger charge is -2.35. The van der Waals surface area contributed by atoms with Gasteiger partial charge in [-0.1, -0.05) is 6.07 Å². The first-order valence-corrected chi connectivity index (χ1v) is 14.2. The van der Waals surface area contributed by atoms with Crippen LogP contribution in [0.25, 0.3) is 11.0 Å². The minimum atomic E-state index is -4.56. The van der Waals surface area contributed by atoms with E-state index in [1.165, 1.54) is 0 Å². The summed E-state index contributed by atoms with van der Waals surface area (Å²) in [5, 5.41) is 0. The number of nitrogens with zero attached hydrogens (tertiary/aromatic N) is 4. The number of alkyl halides is 3. The maximum absolute atomic E-state index is 13.8. The number of aromatic amines is 1. The van der Waals surface area contributed by atoms with Gasteiger partial charge in [0.15, 0.2) is 0 Å². The van der Waals surface area contributed by atoms with Gasteiger partial charge in [0.2, 0.25) is 5.91 Å². The Labute approximate surface area is 237 Å². The van der Waals surface area contributed by atoms with E-state index in [1.807, 2.05) is 50.8 Å². The van der Waals surface area contributed by atoms with E-state index in [0.29, 0.717) is 55.3 Å². The Kier molecular flexibility index (Phi) is 6.94. The van der Waals surface area contributed by atoms with Crippen molar-refractivity contribution in [3.63, 3.8) is 0 Å². The fourth-order valence-electron chi connectivity index (χ4n) is 5.41. The molecule has 41 heavy (non-hydrogen) atoms. The highest BCUT2D eigenvalue weighted by Gasteiger charge is 2.51. The van der Waals surface area contributed by atoms with Crippen LogP contribution in [0, 0.1) is 5.92 Å². The van der Waals surface area contributed by atoms with Crippen molar-refractivity contribution in [1.29, 1.82) is 0 Å². The van der Waals surface area contributed by atoms with Gasteiger partial charge in [0.05, 0.1) is 22.2 Å². The Morgan fingerprint density at radius 1 is 1.02 bits per heavy atom. The summed E-state index contributed by atoms with van der Waals surface area (Å²) in [5.74, 6) is 0.910. The Bertz CT molecular complexity index is 1450. The lowest BCUT2D eigenvalue weighted by Crippen LogP contribution is -2.48. The molecule has 4 heterocycles. The highest BCUT2D eigenvalue weighted by molar-refractivity contribution is 6.62. The van der Waals surface area contributed by atoms with Gasteiger partial charge in [-0.25, -0.2) is 9.97 Å². The number of nitrogens with one attached hydrogen (secondary N) is 1. The average Bonchev–Trinajstić information content (AvgIpc) is 3.62. The molecule has 1 aliphatic carbocycles. The van der Waals surface area contributed by atoms with Crippen molar-refractivity contribution in [2.24, 2.45) is 5.92 Å². The van der Waals surface area contributed by atoms with Crippen LogP contribution in [0.2, 0.25) is 0 Å². The molecule has 6 rings (SSSR count). The second-order valence-corrected chi connectivity index (χ2v) is 12.5. The highest BCUT2D eigenvalue weighted by atomic mass is 19.4. The smallest absolute Gasteiger partial charge is 0.399 e. The van der Waals surface area contributed by atoms with Gasteiger partial charge in [0.25, 0.3) is 0 Å². The molecule has 0 bridgehead atoms. The number of hydrogen-bond acceptors (Lipinski definition) is 6. The third-order valence-electron chi connectivity index (χ3n) is 8.67.